The van der Waals surface area contributed by atoms with Crippen molar-refractivity contribution in [2.45, 2.75) is 46.5 Å². The second-order valence-electron chi connectivity index (χ2n) is 6.92. The fraction of sp³-hybridized carbons (Fsp3) is 0.391. The third-order valence-corrected chi connectivity index (χ3v) is 4.73. The summed E-state index contributed by atoms with van der Waals surface area (Å²) in [5.74, 6) is -0.256. The summed E-state index contributed by atoms with van der Waals surface area (Å²) in [6.07, 6.45) is -0.614. The van der Waals surface area contributed by atoms with E-state index in [-0.39, 0.29) is 12.5 Å². The van der Waals surface area contributed by atoms with E-state index in [1.807, 2.05) is 42.5 Å². The molecule has 2 aromatic carbocycles. The van der Waals surface area contributed by atoms with Crippen LogP contribution in [0.4, 0.5) is 4.79 Å². The highest BCUT2D eigenvalue weighted by Gasteiger charge is 2.16. The monoisotopic (exact) mass is 397 g/mol. The molecule has 0 spiro atoms. The fourth-order valence-corrected chi connectivity index (χ4v) is 2.82. The van der Waals surface area contributed by atoms with Crippen molar-refractivity contribution in [3.63, 3.8) is 0 Å². The summed E-state index contributed by atoms with van der Waals surface area (Å²) in [5, 5.41) is 5.39. The maximum atomic E-state index is 12.2. The van der Waals surface area contributed by atoms with Gasteiger partial charge in [-0.1, -0.05) is 68.4 Å². The summed E-state index contributed by atoms with van der Waals surface area (Å²) in [6, 6.07) is 16.9. The number of hydrogen-bond acceptors (Lipinski definition) is 4. The molecule has 2 aromatic rings. The van der Waals surface area contributed by atoms with Gasteiger partial charge in [0, 0.05) is 13.1 Å². The zero-order valence-corrected chi connectivity index (χ0v) is 17.5. The van der Waals surface area contributed by atoms with Gasteiger partial charge in [-0.15, -0.1) is 0 Å². The number of benzene rings is 2. The number of carbonyl (C=O) groups excluding carboxylic acids is 2. The Morgan fingerprint density at radius 3 is 2.17 bits per heavy atom. The van der Waals surface area contributed by atoms with Crippen molar-refractivity contribution in [3.05, 3.63) is 71.3 Å². The smallest absolute Gasteiger partial charge is 0.408 e. The predicted octanol–water partition coefficient (Wildman–Crippen LogP) is 3.46. The zero-order valence-electron chi connectivity index (χ0n) is 17.5. The minimum Gasteiger partial charge on any atom is -0.445 e. The van der Waals surface area contributed by atoms with Gasteiger partial charge >= 0.3 is 6.09 Å². The standard InChI is InChI=1S/C23H31N3O3/c1-4-26(5-2)16-20-13-11-19(12-14-20)15-24-22(27)18(3)25-23(28)29-17-21-9-7-6-8-10-21/h6-14,18H,4-5,15-17H2,1-3H3,(H,24,27)(H,25,28)/t18-/m1/s1. The van der Waals surface area contributed by atoms with Crippen LogP contribution >= 0.6 is 0 Å². The second-order valence-corrected chi connectivity index (χ2v) is 6.92. The molecule has 2 N–H and O–H groups in total. The summed E-state index contributed by atoms with van der Waals surface area (Å²) in [6.45, 7) is 9.48. The quantitative estimate of drug-likeness (QED) is 0.644. The van der Waals surface area contributed by atoms with Gasteiger partial charge in [0.2, 0.25) is 5.91 Å². The minimum absolute atomic E-state index is 0.168. The first-order chi connectivity index (χ1) is 14.0. The van der Waals surface area contributed by atoms with Crippen LogP contribution in [-0.4, -0.2) is 36.0 Å². The average molecular weight is 398 g/mol. The number of carbonyl (C=O) groups is 2. The van der Waals surface area contributed by atoms with Gasteiger partial charge in [-0.25, -0.2) is 4.79 Å². The second kappa shape index (κ2) is 11.9. The molecule has 2 amide bonds. The molecule has 0 radical (unpaired) electrons. The lowest BCUT2D eigenvalue weighted by Crippen LogP contribution is -2.44. The number of alkyl carbamates (subject to hydrolysis) is 1. The van der Waals surface area contributed by atoms with Crippen molar-refractivity contribution < 1.29 is 14.3 Å². The summed E-state index contributed by atoms with van der Waals surface area (Å²) < 4.78 is 5.14. The Kier molecular flexibility index (Phi) is 9.18. The number of nitrogens with zero attached hydrogens (tertiary/aromatic N) is 1. The van der Waals surface area contributed by atoms with Gasteiger partial charge in [0.05, 0.1) is 0 Å². The third kappa shape index (κ3) is 7.95. The van der Waals surface area contributed by atoms with Crippen LogP contribution in [0, 0.1) is 0 Å². The Balaban J connectivity index is 1.72. The van der Waals surface area contributed by atoms with Gasteiger partial charge in [0.25, 0.3) is 0 Å². The Hall–Kier alpha value is -2.86. The Morgan fingerprint density at radius 1 is 0.931 bits per heavy atom. The van der Waals surface area contributed by atoms with E-state index in [1.165, 1.54) is 5.56 Å². The first kappa shape index (κ1) is 22.4. The number of amides is 2. The molecule has 0 unspecified atom stereocenters. The van der Waals surface area contributed by atoms with E-state index < -0.39 is 12.1 Å². The summed E-state index contributed by atoms with van der Waals surface area (Å²) in [4.78, 5) is 26.4. The molecular weight excluding hydrogens is 366 g/mol. The lowest BCUT2D eigenvalue weighted by atomic mass is 10.1. The zero-order chi connectivity index (χ0) is 21.1. The van der Waals surface area contributed by atoms with Gasteiger partial charge in [0.15, 0.2) is 0 Å². The number of hydrogen-bond donors (Lipinski definition) is 2. The van der Waals surface area contributed by atoms with Crippen LogP contribution in [0.2, 0.25) is 0 Å². The molecule has 29 heavy (non-hydrogen) atoms. The van der Waals surface area contributed by atoms with E-state index in [0.29, 0.717) is 6.54 Å². The van der Waals surface area contributed by atoms with Crippen LogP contribution in [0.1, 0.15) is 37.5 Å². The molecule has 0 aliphatic heterocycles. The molecular formula is C23H31N3O3. The van der Waals surface area contributed by atoms with E-state index >= 15 is 0 Å². The first-order valence-electron chi connectivity index (χ1n) is 10.1. The number of ether oxygens (including phenoxy) is 1. The third-order valence-electron chi connectivity index (χ3n) is 4.73. The van der Waals surface area contributed by atoms with Gasteiger partial charge in [-0.3, -0.25) is 9.69 Å². The maximum Gasteiger partial charge on any atom is 0.408 e. The van der Waals surface area contributed by atoms with Crippen molar-refractivity contribution in [2.75, 3.05) is 13.1 Å². The van der Waals surface area contributed by atoms with Gasteiger partial charge in [-0.05, 0) is 36.7 Å². The van der Waals surface area contributed by atoms with E-state index in [2.05, 4.69) is 41.5 Å². The topological polar surface area (TPSA) is 70.7 Å². The van der Waals surface area contributed by atoms with Crippen LogP contribution in [0.15, 0.2) is 54.6 Å². The molecule has 0 aromatic heterocycles. The van der Waals surface area contributed by atoms with Crippen LogP contribution in [0.5, 0.6) is 0 Å². The van der Waals surface area contributed by atoms with E-state index in [1.54, 1.807) is 6.92 Å². The predicted molar refractivity (Wildman–Crippen MR) is 114 cm³/mol. The summed E-state index contributed by atoms with van der Waals surface area (Å²) in [5.41, 5.74) is 3.16. The number of nitrogens with one attached hydrogen (secondary N) is 2. The molecule has 6 heteroatoms. The van der Waals surface area contributed by atoms with Crippen molar-refractivity contribution in [1.29, 1.82) is 0 Å². The van der Waals surface area contributed by atoms with Crippen LogP contribution in [0.3, 0.4) is 0 Å². The molecule has 1 atom stereocenters. The largest absolute Gasteiger partial charge is 0.445 e. The van der Waals surface area contributed by atoms with Crippen molar-refractivity contribution >= 4 is 12.0 Å². The molecule has 0 aliphatic carbocycles. The van der Waals surface area contributed by atoms with Gasteiger partial charge < -0.3 is 15.4 Å². The van der Waals surface area contributed by atoms with E-state index in [9.17, 15) is 9.59 Å². The molecule has 0 bridgehead atoms. The first-order valence-corrected chi connectivity index (χ1v) is 10.1. The lowest BCUT2D eigenvalue weighted by Gasteiger charge is -2.18. The Bertz CT molecular complexity index is 759. The summed E-state index contributed by atoms with van der Waals surface area (Å²) >= 11 is 0. The Morgan fingerprint density at radius 2 is 1.55 bits per heavy atom. The SMILES string of the molecule is CCN(CC)Cc1ccc(CNC(=O)[C@@H](C)NC(=O)OCc2ccccc2)cc1. The molecule has 0 aliphatic rings. The van der Waals surface area contributed by atoms with E-state index in [4.69, 9.17) is 4.74 Å². The van der Waals surface area contributed by atoms with Crippen LogP contribution < -0.4 is 10.6 Å². The normalized spacial score (nSPS) is 11.7. The Labute approximate surface area is 173 Å². The van der Waals surface area contributed by atoms with Crippen molar-refractivity contribution in [1.82, 2.24) is 15.5 Å². The fourth-order valence-electron chi connectivity index (χ4n) is 2.82. The molecule has 6 nitrogen and oxygen atoms in total. The van der Waals surface area contributed by atoms with Crippen LogP contribution in [-0.2, 0) is 29.2 Å². The van der Waals surface area contributed by atoms with Crippen molar-refractivity contribution in [3.8, 4) is 0 Å². The minimum atomic E-state index is -0.680. The van der Waals surface area contributed by atoms with Gasteiger partial charge in [0.1, 0.15) is 12.6 Å². The number of rotatable bonds is 10. The molecule has 2 rings (SSSR count). The molecule has 0 saturated carbocycles. The highest BCUT2D eigenvalue weighted by atomic mass is 16.5. The molecule has 0 saturated heterocycles. The van der Waals surface area contributed by atoms with Crippen LogP contribution in [0.25, 0.3) is 0 Å². The molecule has 0 heterocycles. The van der Waals surface area contributed by atoms with E-state index in [0.717, 1.165) is 30.8 Å². The average Bonchev–Trinajstić information content (AvgIpc) is 2.75. The lowest BCUT2D eigenvalue weighted by molar-refractivity contribution is -0.122. The highest BCUT2D eigenvalue weighted by Crippen LogP contribution is 2.08. The maximum absolute atomic E-state index is 12.2. The highest BCUT2D eigenvalue weighted by molar-refractivity contribution is 5.85. The molecule has 0 fully saturated rings. The molecule has 156 valence electrons. The van der Waals surface area contributed by atoms with Crippen molar-refractivity contribution in [2.24, 2.45) is 0 Å². The van der Waals surface area contributed by atoms with Gasteiger partial charge in [-0.2, -0.15) is 0 Å². The summed E-state index contributed by atoms with van der Waals surface area (Å²) in [7, 11) is 0.